The van der Waals surface area contributed by atoms with E-state index in [-0.39, 0.29) is 23.2 Å². The molecule has 0 amide bonds. The fourth-order valence-corrected chi connectivity index (χ4v) is 3.97. The Hall–Kier alpha value is -0.940. The Morgan fingerprint density at radius 2 is 2.18 bits per heavy atom. The van der Waals surface area contributed by atoms with E-state index >= 15 is 0 Å². The zero-order valence-corrected chi connectivity index (χ0v) is 10.7. The quantitative estimate of drug-likeness (QED) is 0.777. The maximum atomic E-state index is 11.8. The van der Waals surface area contributed by atoms with Crippen molar-refractivity contribution in [1.29, 1.82) is 0 Å². The van der Waals surface area contributed by atoms with Crippen molar-refractivity contribution in [2.45, 2.75) is 45.1 Å². The van der Waals surface area contributed by atoms with Crippen molar-refractivity contribution in [2.24, 2.45) is 0 Å². The first kappa shape index (κ1) is 12.5. The summed E-state index contributed by atoms with van der Waals surface area (Å²) in [6, 6.07) is -0.206. The second-order valence-electron chi connectivity index (χ2n) is 4.48. The highest BCUT2D eigenvalue weighted by molar-refractivity contribution is 7.94. The minimum absolute atomic E-state index is 0.00139. The molecular formula is C12H17NO3S. The normalized spacial score (nSPS) is 26.4. The summed E-state index contributed by atoms with van der Waals surface area (Å²) in [4.78, 5) is 11.6. The van der Waals surface area contributed by atoms with Crippen LogP contribution in [0.4, 0.5) is 0 Å². The van der Waals surface area contributed by atoms with Crippen LogP contribution in [0.2, 0.25) is 0 Å². The van der Waals surface area contributed by atoms with Gasteiger partial charge in [-0.1, -0.05) is 38.3 Å². The summed E-state index contributed by atoms with van der Waals surface area (Å²) in [5.74, 6) is -0.284. The number of sulfonamides is 1. The average molecular weight is 255 g/mol. The summed E-state index contributed by atoms with van der Waals surface area (Å²) >= 11 is 0. The largest absolute Gasteiger partial charge is 0.293 e. The first-order valence-corrected chi connectivity index (χ1v) is 7.51. The molecule has 0 radical (unpaired) electrons. The first-order valence-electron chi connectivity index (χ1n) is 6.02. The van der Waals surface area contributed by atoms with Gasteiger partial charge in [0.1, 0.15) is 4.91 Å². The number of nitrogens with one attached hydrogen (secondary N) is 1. The van der Waals surface area contributed by atoms with Crippen LogP contribution >= 0.6 is 0 Å². The summed E-state index contributed by atoms with van der Waals surface area (Å²) in [5.41, 5.74) is 0.664. The molecular weight excluding hydrogens is 238 g/mol. The Bertz CT molecular complexity index is 488. The van der Waals surface area contributed by atoms with Crippen molar-refractivity contribution in [3.8, 4) is 0 Å². The summed E-state index contributed by atoms with van der Waals surface area (Å²) < 4.78 is 26.2. The average Bonchev–Trinajstić information content (AvgIpc) is 2.52. The Morgan fingerprint density at radius 3 is 2.88 bits per heavy atom. The van der Waals surface area contributed by atoms with E-state index in [4.69, 9.17) is 0 Å². The fraction of sp³-hybridized carbons (Fsp3) is 0.583. The lowest BCUT2D eigenvalue weighted by molar-refractivity contribution is -0.114. The Morgan fingerprint density at radius 1 is 1.41 bits per heavy atom. The molecule has 0 fully saturated rings. The second kappa shape index (κ2) is 4.74. The van der Waals surface area contributed by atoms with E-state index in [1.165, 1.54) is 0 Å². The molecule has 0 bridgehead atoms. The number of allylic oxidation sites excluding steroid dienone is 2. The molecule has 0 saturated carbocycles. The third-order valence-corrected chi connectivity index (χ3v) is 4.75. The fourth-order valence-electron chi connectivity index (χ4n) is 2.32. The smallest absolute Gasteiger partial charge is 0.245 e. The van der Waals surface area contributed by atoms with Crippen LogP contribution in [0, 0.1) is 0 Å². The maximum Gasteiger partial charge on any atom is 0.245 e. The van der Waals surface area contributed by atoms with Gasteiger partial charge in [0, 0.05) is 12.5 Å². The Kier molecular flexibility index (Phi) is 3.49. The van der Waals surface area contributed by atoms with Crippen molar-refractivity contribution in [3.05, 3.63) is 22.6 Å². The highest BCUT2D eigenvalue weighted by Crippen LogP contribution is 2.31. The molecule has 0 unspecified atom stereocenters. The van der Waals surface area contributed by atoms with Crippen molar-refractivity contribution in [2.75, 3.05) is 0 Å². The standard InChI is InChI=1S/C12H17NO3S/c1-2-3-4-7-10-9-6-5-8-11(14)12(9)17(15,16)13-10/h5-6,10,13H,2-4,7-8H2,1H3/t10-/m0/s1. The molecule has 1 N–H and O–H groups in total. The van der Waals surface area contributed by atoms with Gasteiger partial charge in [0.25, 0.3) is 0 Å². The van der Waals surface area contributed by atoms with E-state index in [0.29, 0.717) is 5.57 Å². The lowest BCUT2D eigenvalue weighted by Crippen LogP contribution is -2.28. The van der Waals surface area contributed by atoms with Gasteiger partial charge in [-0.2, -0.15) is 0 Å². The lowest BCUT2D eigenvalue weighted by Gasteiger charge is -2.12. The molecule has 1 heterocycles. The molecule has 1 aliphatic carbocycles. The highest BCUT2D eigenvalue weighted by atomic mass is 32.2. The van der Waals surface area contributed by atoms with Crippen molar-refractivity contribution < 1.29 is 13.2 Å². The van der Waals surface area contributed by atoms with Crippen LogP contribution in [0.15, 0.2) is 22.6 Å². The van der Waals surface area contributed by atoms with Crippen LogP contribution < -0.4 is 4.72 Å². The third kappa shape index (κ3) is 2.35. The van der Waals surface area contributed by atoms with E-state index in [9.17, 15) is 13.2 Å². The molecule has 5 heteroatoms. The highest BCUT2D eigenvalue weighted by Gasteiger charge is 2.39. The van der Waals surface area contributed by atoms with Gasteiger partial charge in [-0.05, 0) is 12.0 Å². The molecule has 0 aromatic rings. The third-order valence-electron chi connectivity index (χ3n) is 3.15. The molecule has 0 spiro atoms. The summed E-state index contributed by atoms with van der Waals surface area (Å²) in [6.45, 7) is 2.10. The minimum atomic E-state index is -3.55. The van der Waals surface area contributed by atoms with E-state index in [2.05, 4.69) is 11.6 Å². The van der Waals surface area contributed by atoms with Crippen molar-refractivity contribution in [3.63, 3.8) is 0 Å². The van der Waals surface area contributed by atoms with Gasteiger partial charge in [0.05, 0.1) is 0 Å². The molecule has 17 heavy (non-hydrogen) atoms. The topological polar surface area (TPSA) is 63.2 Å². The number of unbranched alkanes of at least 4 members (excludes halogenated alkanes) is 2. The van der Waals surface area contributed by atoms with E-state index in [1.807, 2.05) is 0 Å². The van der Waals surface area contributed by atoms with Gasteiger partial charge in [-0.3, -0.25) is 4.79 Å². The van der Waals surface area contributed by atoms with Crippen LogP contribution in [0.25, 0.3) is 0 Å². The van der Waals surface area contributed by atoms with Crippen LogP contribution in [-0.2, 0) is 14.8 Å². The van der Waals surface area contributed by atoms with E-state index in [0.717, 1.165) is 25.7 Å². The first-order chi connectivity index (χ1) is 8.06. The molecule has 0 aromatic heterocycles. The van der Waals surface area contributed by atoms with Gasteiger partial charge in [-0.15, -0.1) is 0 Å². The van der Waals surface area contributed by atoms with E-state index < -0.39 is 10.0 Å². The van der Waals surface area contributed by atoms with E-state index in [1.54, 1.807) is 12.2 Å². The lowest BCUT2D eigenvalue weighted by atomic mass is 9.96. The van der Waals surface area contributed by atoms with Gasteiger partial charge in [-0.25, -0.2) is 13.1 Å². The minimum Gasteiger partial charge on any atom is -0.293 e. The van der Waals surface area contributed by atoms with Gasteiger partial charge in [0.2, 0.25) is 10.0 Å². The zero-order chi connectivity index (χ0) is 12.5. The van der Waals surface area contributed by atoms with Gasteiger partial charge < -0.3 is 0 Å². The molecule has 0 aromatic carbocycles. The zero-order valence-electron chi connectivity index (χ0n) is 9.90. The van der Waals surface area contributed by atoms with Crippen LogP contribution in [0.5, 0.6) is 0 Å². The maximum absolute atomic E-state index is 11.8. The predicted molar refractivity (Wildman–Crippen MR) is 65.8 cm³/mol. The number of carbonyl (C=O) groups is 1. The summed E-state index contributed by atoms with van der Waals surface area (Å²) in [5, 5.41) is 0. The Labute approximate surface area is 102 Å². The molecule has 4 nitrogen and oxygen atoms in total. The molecule has 2 rings (SSSR count). The van der Waals surface area contributed by atoms with Crippen LogP contribution in [-0.4, -0.2) is 20.2 Å². The number of Topliss-reactive ketones (excluding diaryl/α,β-unsaturated/α-hetero) is 1. The molecule has 2 aliphatic rings. The molecule has 94 valence electrons. The predicted octanol–water partition coefficient (Wildman–Crippen LogP) is 1.65. The van der Waals surface area contributed by atoms with Crippen molar-refractivity contribution in [1.82, 2.24) is 4.72 Å². The number of ketones is 1. The van der Waals surface area contributed by atoms with Gasteiger partial charge in [0.15, 0.2) is 5.78 Å². The summed E-state index contributed by atoms with van der Waals surface area (Å²) in [7, 11) is -3.55. The molecule has 1 aliphatic heterocycles. The second-order valence-corrected chi connectivity index (χ2v) is 6.13. The molecule has 1 atom stereocenters. The van der Waals surface area contributed by atoms with Crippen LogP contribution in [0.3, 0.4) is 0 Å². The van der Waals surface area contributed by atoms with Gasteiger partial charge >= 0.3 is 0 Å². The number of rotatable bonds is 4. The SMILES string of the molecule is CCCCC[C@@H]1NS(=O)(=O)C2=C1C=CCC2=O. The van der Waals surface area contributed by atoms with Crippen molar-refractivity contribution >= 4 is 15.8 Å². The number of carbonyl (C=O) groups excluding carboxylic acids is 1. The number of hydrogen-bond acceptors (Lipinski definition) is 3. The molecule has 0 saturated heterocycles. The monoisotopic (exact) mass is 255 g/mol. The summed E-state index contributed by atoms with van der Waals surface area (Å²) in [6.07, 6.45) is 7.65. The van der Waals surface area contributed by atoms with Crippen LogP contribution in [0.1, 0.15) is 39.0 Å². The number of hydrogen-bond donors (Lipinski definition) is 1. The Balaban J connectivity index is 2.23.